The van der Waals surface area contributed by atoms with E-state index in [1.54, 1.807) is 0 Å². The van der Waals surface area contributed by atoms with E-state index in [0.717, 1.165) is 11.1 Å². The van der Waals surface area contributed by atoms with Gasteiger partial charge >= 0.3 is 0 Å². The number of aryl methyl sites for hydroxylation is 1. The number of aliphatic imine (C=N–C) groups is 1. The fraction of sp³-hybridized carbons (Fsp3) is 0.250. The summed E-state index contributed by atoms with van der Waals surface area (Å²) in [7, 11) is 1.48. The third-order valence-electron chi connectivity index (χ3n) is 2.43. The molecule has 0 aliphatic carbocycles. The summed E-state index contributed by atoms with van der Waals surface area (Å²) in [6.07, 6.45) is -0.122. The smallest absolute Gasteiger partial charge is 0.208 e. The van der Waals surface area contributed by atoms with Crippen LogP contribution < -0.4 is 5.48 Å². The number of benzene rings is 1. The van der Waals surface area contributed by atoms with Gasteiger partial charge in [-0.3, -0.25) is 0 Å². The van der Waals surface area contributed by atoms with E-state index in [2.05, 4.69) is 61.9 Å². The Bertz CT molecular complexity index is 519. The lowest BCUT2D eigenvalue weighted by molar-refractivity contribution is 0.178. The zero-order valence-electron chi connectivity index (χ0n) is 9.45. The van der Waals surface area contributed by atoms with E-state index >= 15 is 0 Å². The lowest BCUT2D eigenvalue weighted by Crippen LogP contribution is -2.13. The molecule has 17 heavy (non-hydrogen) atoms. The summed E-state index contributed by atoms with van der Waals surface area (Å²) >= 11 is 2.16. The van der Waals surface area contributed by atoms with Crippen molar-refractivity contribution in [3.63, 3.8) is 0 Å². The molecule has 1 atom stereocenters. The second-order valence-corrected chi connectivity index (χ2v) is 5.33. The Kier molecular flexibility index (Phi) is 4.31. The highest BCUT2D eigenvalue weighted by Gasteiger charge is 2.17. The SMILES string of the molecule is CC1=NC(c2ccc(C)c(C#CSI)c2)NO1. The van der Waals surface area contributed by atoms with E-state index in [9.17, 15) is 0 Å². The Morgan fingerprint density at radius 1 is 1.47 bits per heavy atom. The third kappa shape index (κ3) is 3.15. The monoisotopic (exact) mass is 358 g/mol. The van der Waals surface area contributed by atoms with Gasteiger partial charge in [-0.15, -0.1) is 5.48 Å². The van der Waals surface area contributed by atoms with Gasteiger partial charge in [0.25, 0.3) is 0 Å². The van der Waals surface area contributed by atoms with Crippen molar-refractivity contribution in [2.75, 3.05) is 0 Å². The minimum Gasteiger partial charge on any atom is -0.391 e. The van der Waals surface area contributed by atoms with Gasteiger partial charge in [0.05, 0.1) is 0 Å². The number of nitrogens with one attached hydrogen (secondary N) is 1. The predicted octanol–water partition coefficient (Wildman–Crippen LogP) is 3.34. The van der Waals surface area contributed by atoms with Gasteiger partial charge in [0.1, 0.15) is 0 Å². The molecular formula is C12H11IN2OS. The summed E-state index contributed by atoms with van der Waals surface area (Å²) < 4.78 is 0. The molecule has 0 radical (unpaired) electrons. The van der Waals surface area contributed by atoms with Crippen LogP contribution in [0.3, 0.4) is 0 Å². The minimum atomic E-state index is -0.122. The number of hydrogen-bond acceptors (Lipinski definition) is 4. The number of hydrogen-bond donors (Lipinski definition) is 1. The summed E-state index contributed by atoms with van der Waals surface area (Å²) in [5.74, 6) is 3.78. The van der Waals surface area contributed by atoms with Crippen LogP contribution in [0, 0.1) is 18.1 Å². The van der Waals surface area contributed by atoms with Crippen LogP contribution in [0.2, 0.25) is 0 Å². The van der Waals surface area contributed by atoms with Crippen LogP contribution in [-0.2, 0) is 4.84 Å². The van der Waals surface area contributed by atoms with Gasteiger partial charge in [0.2, 0.25) is 5.90 Å². The summed E-state index contributed by atoms with van der Waals surface area (Å²) in [5, 5.41) is 3.00. The van der Waals surface area contributed by atoms with Crippen LogP contribution >= 0.6 is 30.1 Å². The molecule has 3 nitrogen and oxygen atoms in total. The molecule has 1 aliphatic heterocycles. The topological polar surface area (TPSA) is 33.6 Å². The van der Waals surface area contributed by atoms with Gasteiger partial charge < -0.3 is 4.84 Å². The van der Waals surface area contributed by atoms with Gasteiger partial charge in [-0.2, -0.15) is 0 Å². The molecule has 1 aromatic rings. The van der Waals surface area contributed by atoms with E-state index in [1.165, 1.54) is 14.5 Å². The van der Waals surface area contributed by atoms with Crippen molar-refractivity contribution < 1.29 is 4.84 Å². The van der Waals surface area contributed by atoms with Crippen molar-refractivity contribution >= 4 is 36.0 Å². The molecule has 0 saturated heterocycles. The average Bonchev–Trinajstić information content (AvgIpc) is 2.75. The second kappa shape index (κ2) is 5.76. The first-order valence-corrected chi connectivity index (χ1v) is 8.42. The lowest BCUT2D eigenvalue weighted by Gasteiger charge is -2.08. The van der Waals surface area contributed by atoms with Crippen molar-refractivity contribution in [3.05, 3.63) is 34.9 Å². The van der Waals surface area contributed by atoms with E-state index in [0.29, 0.717) is 5.90 Å². The molecule has 1 aliphatic rings. The van der Waals surface area contributed by atoms with Gasteiger partial charge in [0, 0.05) is 33.7 Å². The third-order valence-corrected chi connectivity index (χ3v) is 3.27. The maximum atomic E-state index is 5.13. The molecule has 5 heteroatoms. The maximum Gasteiger partial charge on any atom is 0.208 e. The maximum absolute atomic E-state index is 5.13. The highest BCUT2D eigenvalue weighted by atomic mass is 127. The Morgan fingerprint density at radius 3 is 2.94 bits per heavy atom. The first-order chi connectivity index (χ1) is 8.20. The molecule has 0 fully saturated rings. The molecule has 88 valence electrons. The Morgan fingerprint density at radius 2 is 2.29 bits per heavy atom. The van der Waals surface area contributed by atoms with Crippen LogP contribution in [0.4, 0.5) is 0 Å². The van der Waals surface area contributed by atoms with Gasteiger partial charge in [0.15, 0.2) is 6.17 Å². The van der Waals surface area contributed by atoms with Gasteiger partial charge in [-0.05, 0) is 38.3 Å². The van der Waals surface area contributed by atoms with Crippen molar-refractivity contribution in [1.82, 2.24) is 5.48 Å². The molecule has 1 heterocycles. The largest absolute Gasteiger partial charge is 0.391 e. The lowest BCUT2D eigenvalue weighted by atomic mass is 10.0. The number of halogens is 1. The number of rotatable bonds is 1. The quantitative estimate of drug-likeness (QED) is 0.618. The molecule has 1 aromatic carbocycles. The fourth-order valence-electron chi connectivity index (χ4n) is 1.54. The highest BCUT2D eigenvalue weighted by Crippen LogP contribution is 2.21. The molecule has 0 spiro atoms. The van der Waals surface area contributed by atoms with Crippen LogP contribution in [0.15, 0.2) is 23.2 Å². The molecule has 0 bridgehead atoms. The molecule has 2 rings (SSSR count). The zero-order valence-corrected chi connectivity index (χ0v) is 12.4. The predicted molar refractivity (Wildman–Crippen MR) is 79.7 cm³/mol. The van der Waals surface area contributed by atoms with Crippen LogP contribution in [-0.4, -0.2) is 5.90 Å². The zero-order chi connectivity index (χ0) is 12.3. The Balaban J connectivity index is 2.31. The van der Waals surface area contributed by atoms with E-state index < -0.39 is 0 Å². The normalized spacial score (nSPS) is 18.1. The first kappa shape index (κ1) is 12.7. The summed E-state index contributed by atoms with van der Waals surface area (Å²) in [5.41, 5.74) is 6.14. The molecule has 0 saturated carbocycles. The average molecular weight is 358 g/mol. The molecule has 0 aromatic heterocycles. The van der Waals surface area contributed by atoms with E-state index in [1.807, 2.05) is 13.0 Å². The molecule has 1 unspecified atom stereocenters. The van der Waals surface area contributed by atoms with E-state index in [4.69, 9.17) is 4.84 Å². The molecular weight excluding hydrogens is 347 g/mol. The van der Waals surface area contributed by atoms with Crippen molar-refractivity contribution in [2.45, 2.75) is 20.0 Å². The van der Waals surface area contributed by atoms with Crippen molar-refractivity contribution in [2.24, 2.45) is 4.99 Å². The standard InChI is InChI=1S/C12H11IN2OS/c1-8-3-4-11(7-10(8)5-6-17-13)12-14-9(2)16-15-12/h3-4,7,12,15H,1-2H3. The fourth-order valence-corrected chi connectivity index (χ4v) is 2.02. The van der Waals surface area contributed by atoms with Crippen molar-refractivity contribution in [1.29, 1.82) is 0 Å². The Labute approximate surface area is 117 Å². The first-order valence-electron chi connectivity index (χ1n) is 5.06. The van der Waals surface area contributed by atoms with E-state index in [-0.39, 0.29) is 6.17 Å². The summed E-state index contributed by atoms with van der Waals surface area (Å²) in [4.78, 5) is 9.47. The van der Waals surface area contributed by atoms with Gasteiger partial charge in [-0.1, -0.05) is 18.1 Å². The number of hydroxylamine groups is 1. The highest BCUT2D eigenvalue weighted by molar-refractivity contribution is 14.2. The second-order valence-electron chi connectivity index (χ2n) is 3.65. The van der Waals surface area contributed by atoms with Crippen molar-refractivity contribution in [3.8, 4) is 11.2 Å². The summed E-state index contributed by atoms with van der Waals surface area (Å²) in [6, 6.07) is 6.15. The van der Waals surface area contributed by atoms with Crippen LogP contribution in [0.1, 0.15) is 29.8 Å². The van der Waals surface area contributed by atoms with Crippen LogP contribution in [0.5, 0.6) is 0 Å². The minimum absolute atomic E-state index is 0.122. The Hall–Kier alpha value is -0.710. The summed E-state index contributed by atoms with van der Waals surface area (Å²) in [6.45, 7) is 3.88. The van der Waals surface area contributed by atoms with Gasteiger partial charge in [-0.25, -0.2) is 4.99 Å². The van der Waals surface area contributed by atoms with Crippen LogP contribution in [0.25, 0.3) is 0 Å². The molecule has 0 amide bonds. The number of nitrogens with zero attached hydrogens (tertiary/aromatic N) is 1. The molecule has 1 N–H and O–H groups in total.